The highest BCUT2D eigenvalue weighted by Crippen LogP contribution is 2.44. The van der Waals surface area contributed by atoms with Crippen LogP contribution in [0.25, 0.3) is 11.4 Å². The molecule has 4 heterocycles. The Balaban J connectivity index is 1.41. The van der Waals surface area contributed by atoms with Crippen LogP contribution in [0.15, 0.2) is 66.0 Å². The minimum Gasteiger partial charge on any atom is -0.361 e. The smallest absolute Gasteiger partial charge is 0.244 e. The lowest BCUT2D eigenvalue weighted by Crippen LogP contribution is -2.61. The van der Waals surface area contributed by atoms with Crippen LogP contribution in [0.4, 0.5) is 0 Å². The highest BCUT2D eigenvalue weighted by Gasteiger charge is 2.54. The van der Waals surface area contributed by atoms with Crippen molar-refractivity contribution in [3.8, 4) is 11.4 Å². The molecule has 1 fully saturated rings. The van der Waals surface area contributed by atoms with E-state index in [9.17, 15) is 8.42 Å². The van der Waals surface area contributed by atoms with Crippen LogP contribution in [0.3, 0.4) is 0 Å². The van der Waals surface area contributed by atoms with Gasteiger partial charge in [0.15, 0.2) is 5.82 Å². The number of benzene rings is 1. The largest absolute Gasteiger partial charge is 0.361 e. The molecule has 2 aromatic heterocycles. The maximum atomic E-state index is 12.7. The minimum absolute atomic E-state index is 0.189. The summed E-state index contributed by atoms with van der Waals surface area (Å²) in [5.74, 6) is 0.647. The Hall–Kier alpha value is -2.68. The Morgan fingerprint density at radius 3 is 2.59 bits per heavy atom. The lowest BCUT2D eigenvalue weighted by atomic mass is 9.90. The fourth-order valence-corrected chi connectivity index (χ4v) is 5.02. The van der Waals surface area contributed by atoms with Crippen LogP contribution < -0.4 is 0 Å². The first-order valence-corrected chi connectivity index (χ1v) is 9.98. The van der Waals surface area contributed by atoms with Gasteiger partial charge in [-0.1, -0.05) is 30.3 Å². The fraction of sp³-hybridized carbons (Fsp3) is 0.211. The normalized spacial score (nSPS) is 18.2. The van der Waals surface area contributed by atoms with Crippen molar-refractivity contribution in [2.75, 3.05) is 13.1 Å². The van der Waals surface area contributed by atoms with Crippen molar-refractivity contribution in [1.82, 2.24) is 19.3 Å². The van der Waals surface area contributed by atoms with E-state index in [0.29, 0.717) is 12.4 Å². The number of aromatic nitrogens is 3. The van der Waals surface area contributed by atoms with Crippen molar-refractivity contribution in [2.24, 2.45) is 0 Å². The van der Waals surface area contributed by atoms with Gasteiger partial charge >= 0.3 is 0 Å². The maximum absolute atomic E-state index is 12.7. The second-order valence-corrected chi connectivity index (χ2v) is 8.60. The third-order valence-corrected chi connectivity index (χ3v) is 6.79. The third-order valence-electron chi connectivity index (χ3n) is 5.01. The molecule has 2 aliphatic rings. The van der Waals surface area contributed by atoms with Crippen molar-refractivity contribution in [3.05, 3.63) is 72.3 Å². The average Bonchev–Trinajstić information content (AvgIpc) is 3.07. The fourth-order valence-electron chi connectivity index (χ4n) is 3.52. The molecule has 2 aliphatic heterocycles. The van der Waals surface area contributed by atoms with Crippen LogP contribution >= 0.6 is 0 Å². The monoisotopic (exact) mass is 380 g/mol. The Kier molecular flexibility index (Phi) is 3.61. The van der Waals surface area contributed by atoms with Crippen LogP contribution in [0, 0.1) is 0 Å². The van der Waals surface area contributed by atoms with E-state index in [1.807, 2.05) is 30.3 Å². The summed E-state index contributed by atoms with van der Waals surface area (Å²) in [7, 11) is -3.57. The van der Waals surface area contributed by atoms with Gasteiger partial charge in [0, 0.05) is 42.8 Å². The molecule has 0 unspecified atom stereocenters. The molecule has 0 amide bonds. The van der Waals surface area contributed by atoms with Crippen molar-refractivity contribution < 1.29 is 13.2 Å². The van der Waals surface area contributed by atoms with Crippen LogP contribution in [0.2, 0.25) is 0 Å². The second-order valence-electron chi connectivity index (χ2n) is 6.66. The van der Waals surface area contributed by atoms with Crippen LogP contribution in [-0.4, -0.2) is 40.8 Å². The minimum atomic E-state index is -3.57. The molecule has 0 N–H and O–H groups in total. The topological polar surface area (TPSA) is 85.3 Å². The first kappa shape index (κ1) is 16.5. The third kappa shape index (κ3) is 2.56. The first-order chi connectivity index (χ1) is 13.1. The summed E-state index contributed by atoms with van der Waals surface area (Å²) in [6.45, 7) is 0.870. The van der Waals surface area contributed by atoms with E-state index < -0.39 is 15.6 Å². The molecule has 27 heavy (non-hydrogen) atoms. The van der Waals surface area contributed by atoms with Gasteiger partial charge in [-0.2, -0.15) is 4.31 Å². The molecule has 136 valence electrons. The van der Waals surface area contributed by atoms with Crippen molar-refractivity contribution >= 4 is 10.0 Å². The number of nitrogens with zero attached hydrogens (tertiary/aromatic N) is 4. The number of pyridine rings is 1. The maximum Gasteiger partial charge on any atom is 0.244 e. The van der Waals surface area contributed by atoms with E-state index >= 15 is 0 Å². The summed E-state index contributed by atoms with van der Waals surface area (Å²) in [4.78, 5) is 13.2. The predicted octanol–water partition coefficient (Wildman–Crippen LogP) is 1.97. The molecule has 7 nitrogen and oxygen atoms in total. The van der Waals surface area contributed by atoms with Crippen LogP contribution in [0.5, 0.6) is 0 Å². The molecule has 0 bridgehead atoms. The molecule has 8 heteroatoms. The van der Waals surface area contributed by atoms with Gasteiger partial charge < -0.3 is 4.74 Å². The molecular formula is C19H16N4O3S. The summed E-state index contributed by atoms with van der Waals surface area (Å²) in [6.07, 6.45) is 4.68. The van der Waals surface area contributed by atoms with Crippen LogP contribution in [-0.2, 0) is 27.0 Å². The first-order valence-electron chi connectivity index (χ1n) is 8.54. The summed E-state index contributed by atoms with van der Waals surface area (Å²) >= 11 is 0. The number of fused-ring (bicyclic) bond motifs is 2. The zero-order chi connectivity index (χ0) is 18.5. The van der Waals surface area contributed by atoms with Gasteiger partial charge in [0.2, 0.25) is 10.0 Å². The van der Waals surface area contributed by atoms with Gasteiger partial charge in [0.05, 0.1) is 12.3 Å². The van der Waals surface area contributed by atoms with Crippen molar-refractivity contribution in [1.29, 1.82) is 0 Å². The zero-order valence-electron chi connectivity index (χ0n) is 14.3. The van der Waals surface area contributed by atoms with Gasteiger partial charge in [-0.05, 0) is 12.1 Å². The summed E-state index contributed by atoms with van der Waals surface area (Å²) in [5, 5.41) is 0. The Morgan fingerprint density at radius 2 is 1.85 bits per heavy atom. The molecule has 5 rings (SSSR count). The molecule has 0 saturated carbocycles. The van der Waals surface area contributed by atoms with E-state index in [4.69, 9.17) is 4.74 Å². The number of rotatable bonds is 3. The van der Waals surface area contributed by atoms with Gasteiger partial charge in [-0.15, -0.1) is 0 Å². The quantitative estimate of drug-likeness (QED) is 0.691. The van der Waals surface area contributed by atoms with Gasteiger partial charge in [-0.3, -0.25) is 4.98 Å². The standard InChI is InChI=1S/C19H16N4O3S/c24-27(25,15-7-4-8-20-9-15)23-12-19(13-23)16-10-21-18(22-17(16)11-26-19)14-5-2-1-3-6-14/h1-10H,11-13H2. The van der Waals surface area contributed by atoms with E-state index in [1.165, 1.54) is 10.5 Å². The number of sulfonamides is 1. The predicted molar refractivity (Wildman–Crippen MR) is 96.9 cm³/mol. The number of hydrogen-bond donors (Lipinski definition) is 0. The van der Waals surface area contributed by atoms with Gasteiger partial charge in [0.1, 0.15) is 10.5 Å². The molecular weight excluding hydrogens is 364 g/mol. The summed E-state index contributed by atoms with van der Waals surface area (Å²) in [5.41, 5.74) is 1.98. The molecule has 0 radical (unpaired) electrons. The number of hydrogen-bond acceptors (Lipinski definition) is 6. The SMILES string of the molecule is O=S(=O)(c1cccnc1)N1CC2(C1)OCc1nc(-c3ccccc3)ncc12. The summed E-state index contributed by atoms with van der Waals surface area (Å²) < 4.78 is 32.8. The number of ether oxygens (including phenoxy) is 1. The Labute approximate surface area is 156 Å². The lowest BCUT2D eigenvalue weighted by Gasteiger charge is -2.45. The lowest BCUT2D eigenvalue weighted by molar-refractivity contribution is -0.112. The average molecular weight is 380 g/mol. The van der Waals surface area contributed by atoms with Crippen LogP contribution in [0.1, 0.15) is 11.3 Å². The molecule has 0 aliphatic carbocycles. The highest BCUT2D eigenvalue weighted by atomic mass is 32.2. The van der Waals surface area contributed by atoms with Crippen molar-refractivity contribution in [3.63, 3.8) is 0 Å². The van der Waals surface area contributed by atoms with E-state index in [0.717, 1.165) is 16.8 Å². The highest BCUT2D eigenvalue weighted by molar-refractivity contribution is 7.89. The molecule has 1 saturated heterocycles. The zero-order valence-corrected chi connectivity index (χ0v) is 15.1. The van der Waals surface area contributed by atoms with E-state index in [2.05, 4.69) is 15.0 Å². The van der Waals surface area contributed by atoms with Gasteiger partial charge in [-0.25, -0.2) is 18.4 Å². The second kappa shape index (κ2) is 5.91. The molecule has 0 atom stereocenters. The molecule has 1 spiro atoms. The van der Waals surface area contributed by atoms with Gasteiger partial charge in [0.25, 0.3) is 0 Å². The Bertz CT molecular complexity index is 1100. The molecule has 1 aromatic carbocycles. The van der Waals surface area contributed by atoms with E-state index in [1.54, 1.807) is 24.5 Å². The summed E-state index contributed by atoms with van der Waals surface area (Å²) in [6, 6.07) is 12.9. The van der Waals surface area contributed by atoms with Crippen molar-refractivity contribution in [2.45, 2.75) is 17.1 Å². The Morgan fingerprint density at radius 1 is 1.04 bits per heavy atom. The van der Waals surface area contributed by atoms with E-state index in [-0.39, 0.29) is 18.0 Å². The molecule has 3 aromatic rings.